The highest BCUT2D eigenvalue weighted by molar-refractivity contribution is 5.33. The fourth-order valence-electron chi connectivity index (χ4n) is 2.71. The lowest BCUT2D eigenvalue weighted by molar-refractivity contribution is 0.693. The number of benzene rings is 2. The van der Waals surface area contributed by atoms with Gasteiger partial charge in [0.25, 0.3) is 0 Å². The molecule has 0 bridgehead atoms. The van der Waals surface area contributed by atoms with Gasteiger partial charge in [-0.05, 0) is 44.9 Å². The minimum atomic E-state index is 0.403. The van der Waals surface area contributed by atoms with Gasteiger partial charge in [-0.2, -0.15) is 0 Å². The Morgan fingerprint density at radius 3 is 2.16 bits per heavy atom. The summed E-state index contributed by atoms with van der Waals surface area (Å²) in [5, 5.41) is 0. The van der Waals surface area contributed by atoms with Crippen LogP contribution in [-0.2, 0) is 6.42 Å². The topological polar surface area (TPSA) is 26.0 Å². The summed E-state index contributed by atoms with van der Waals surface area (Å²) in [5.41, 5.74) is 12.7. The Hall–Kier alpha value is -1.60. The molecule has 0 saturated heterocycles. The first-order valence-corrected chi connectivity index (χ1v) is 6.92. The second-order valence-electron chi connectivity index (χ2n) is 5.55. The fraction of sp³-hybridized carbons (Fsp3) is 0.333. The van der Waals surface area contributed by atoms with E-state index < -0.39 is 0 Å². The number of rotatable bonds is 4. The molecule has 2 aromatic rings. The Morgan fingerprint density at radius 2 is 1.58 bits per heavy atom. The summed E-state index contributed by atoms with van der Waals surface area (Å²) in [5.74, 6) is 0.403. The second kappa shape index (κ2) is 6.03. The average molecular weight is 253 g/mol. The molecule has 100 valence electrons. The molecule has 0 radical (unpaired) electrons. The third kappa shape index (κ3) is 3.68. The van der Waals surface area contributed by atoms with Crippen molar-refractivity contribution in [3.63, 3.8) is 0 Å². The number of hydrogen-bond donors (Lipinski definition) is 1. The van der Waals surface area contributed by atoms with Crippen LogP contribution >= 0.6 is 0 Å². The van der Waals surface area contributed by atoms with Gasteiger partial charge in [-0.15, -0.1) is 0 Å². The summed E-state index contributed by atoms with van der Waals surface area (Å²) in [6.07, 6.45) is 1.01. The molecule has 0 aliphatic carbocycles. The molecule has 0 amide bonds. The Kier molecular flexibility index (Phi) is 4.39. The van der Waals surface area contributed by atoms with Gasteiger partial charge in [0.05, 0.1) is 0 Å². The minimum absolute atomic E-state index is 0.403. The predicted molar refractivity (Wildman–Crippen MR) is 82.6 cm³/mol. The van der Waals surface area contributed by atoms with Crippen LogP contribution in [0.25, 0.3) is 0 Å². The van der Waals surface area contributed by atoms with Crippen molar-refractivity contribution < 1.29 is 0 Å². The number of hydrogen-bond acceptors (Lipinski definition) is 1. The summed E-state index contributed by atoms with van der Waals surface area (Å²) < 4.78 is 0. The SMILES string of the molecule is Cc1cccc(CC(CN)c2cc(C)cc(C)c2)c1. The van der Waals surface area contributed by atoms with Gasteiger partial charge in [0, 0.05) is 5.92 Å². The van der Waals surface area contributed by atoms with Crippen LogP contribution in [0.15, 0.2) is 42.5 Å². The van der Waals surface area contributed by atoms with Crippen LogP contribution in [0.4, 0.5) is 0 Å². The quantitative estimate of drug-likeness (QED) is 0.878. The van der Waals surface area contributed by atoms with Gasteiger partial charge in [-0.3, -0.25) is 0 Å². The highest BCUT2D eigenvalue weighted by atomic mass is 14.5. The molecule has 0 aliphatic heterocycles. The zero-order valence-electron chi connectivity index (χ0n) is 12.1. The first-order chi connectivity index (χ1) is 9.08. The fourth-order valence-corrected chi connectivity index (χ4v) is 2.71. The lowest BCUT2D eigenvalue weighted by Crippen LogP contribution is -2.15. The Bertz CT molecular complexity index is 537. The van der Waals surface area contributed by atoms with E-state index in [0.29, 0.717) is 12.5 Å². The molecule has 19 heavy (non-hydrogen) atoms. The van der Waals surface area contributed by atoms with Crippen LogP contribution in [-0.4, -0.2) is 6.54 Å². The van der Waals surface area contributed by atoms with Gasteiger partial charge in [0.2, 0.25) is 0 Å². The van der Waals surface area contributed by atoms with Crippen molar-refractivity contribution in [1.29, 1.82) is 0 Å². The van der Waals surface area contributed by atoms with Crippen molar-refractivity contribution in [2.75, 3.05) is 6.54 Å². The minimum Gasteiger partial charge on any atom is -0.330 e. The summed E-state index contributed by atoms with van der Waals surface area (Å²) >= 11 is 0. The monoisotopic (exact) mass is 253 g/mol. The highest BCUT2D eigenvalue weighted by Gasteiger charge is 2.11. The molecule has 0 saturated carbocycles. The maximum absolute atomic E-state index is 5.99. The van der Waals surface area contributed by atoms with Gasteiger partial charge in [-0.1, -0.05) is 59.2 Å². The number of nitrogens with two attached hydrogens (primary N) is 1. The van der Waals surface area contributed by atoms with E-state index in [0.717, 1.165) is 6.42 Å². The molecule has 2 aromatic carbocycles. The van der Waals surface area contributed by atoms with Crippen molar-refractivity contribution >= 4 is 0 Å². The third-order valence-electron chi connectivity index (χ3n) is 3.56. The van der Waals surface area contributed by atoms with E-state index in [2.05, 4.69) is 63.2 Å². The average Bonchev–Trinajstić information content (AvgIpc) is 2.34. The lowest BCUT2D eigenvalue weighted by atomic mass is 9.90. The standard InChI is InChI=1S/C18H23N/c1-13-5-4-6-16(8-13)11-18(12-19)17-9-14(2)7-15(3)10-17/h4-10,18H,11-12,19H2,1-3H3. The summed E-state index contributed by atoms with van der Waals surface area (Å²) in [7, 11) is 0. The zero-order valence-corrected chi connectivity index (χ0v) is 12.1. The van der Waals surface area contributed by atoms with Crippen molar-refractivity contribution in [1.82, 2.24) is 0 Å². The summed E-state index contributed by atoms with van der Waals surface area (Å²) in [4.78, 5) is 0. The van der Waals surface area contributed by atoms with Gasteiger partial charge in [0.1, 0.15) is 0 Å². The largest absolute Gasteiger partial charge is 0.330 e. The van der Waals surface area contributed by atoms with Crippen LogP contribution in [0.1, 0.15) is 33.7 Å². The van der Waals surface area contributed by atoms with Gasteiger partial charge >= 0.3 is 0 Å². The van der Waals surface area contributed by atoms with E-state index in [1.54, 1.807) is 0 Å². The van der Waals surface area contributed by atoms with E-state index in [9.17, 15) is 0 Å². The van der Waals surface area contributed by atoms with Crippen LogP contribution < -0.4 is 5.73 Å². The predicted octanol–water partition coefficient (Wildman–Crippen LogP) is 3.90. The van der Waals surface area contributed by atoms with Crippen LogP contribution in [0.2, 0.25) is 0 Å². The summed E-state index contributed by atoms with van der Waals surface area (Å²) in [6, 6.07) is 15.4. The first-order valence-electron chi connectivity index (χ1n) is 6.92. The zero-order chi connectivity index (χ0) is 13.8. The molecule has 0 heterocycles. The molecular formula is C18H23N. The molecule has 1 unspecified atom stereocenters. The van der Waals surface area contributed by atoms with E-state index in [1.807, 2.05) is 0 Å². The highest BCUT2D eigenvalue weighted by Crippen LogP contribution is 2.22. The van der Waals surface area contributed by atoms with Gasteiger partial charge in [-0.25, -0.2) is 0 Å². The van der Waals surface area contributed by atoms with Gasteiger partial charge in [0.15, 0.2) is 0 Å². The van der Waals surface area contributed by atoms with E-state index in [4.69, 9.17) is 5.73 Å². The van der Waals surface area contributed by atoms with Crippen LogP contribution in [0.3, 0.4) is 0 Å². The number of aryl methyl sites for hydroxylation is 3. The maximum atomic E-state index is 5.99. The smallest absolute Gasteiger partial charge is 0.000177 e. The van der Waals surface area contributed by atoms with Crippen molar-refractivity contribution in [2.45, 2.75) is 33.1 Å². The molecule has 2 rings (SSSR count). The third-order valence-corrected chi connectivity index (χ3v) is 3.56. The molecule has 1 heteroatoms. The molecule has 1 nitrogen and oxygen atoms in total. The normalized spacial score (nSPS) is 12.4. The van der Waals surface area contributed by atoms with Crippen molar-refractivity contribution in [3.05, 3.63) is 70.3 Å². The second-order valence-corrected chi connectivity index (χ2v) is 5.55. The van der Waals surface area contributed by atoms with E-state index in [-0.39, 0.29) is 0 Å². The van der Waals surface area contributed by atoms with E-state index in [1.165, 1.54) is 27.8 Å². The van der Waals surface area contributed by atoms with Gasteiger partial charge < -0.3 is 5.73 Å². The molecule has 0 aliphatic rings. The molecular weight excluding hydrogens is 230 g/mol. The first kappa shape index (κ1) is 13.8. The maximum Gasteiger partial charge on any atom is 0.000177 e. The molecule has 0 fully saturated rings. The Morgan fingerprint density at radius 1 is 0.895 bits per heavy atom. The van der Waals surface area contributed by atoms with Crippen LogP contribution in [0, 0.1) is 20.8 Å². The summed E-state index contributed by atoms with van der Waals surface area (Å²) in [6.45, 7) is 7.13. The molecule has 1 atom stereocenters. The van der Waals surface area contributed by atoms with E-state index >= 15 is 0 Å². The Balaban J connectivity index is 2.24. The molecule has 0 aromatic heterocycles. The molecule has 2 N–H and O–H groups in total. The Labute approximate surface area is 116 Å². The van der Waals surface area contributed by atoms with Crippen molar-refractivity contribution in [3.8, 4) is 0 Å². The van der Waals surface area contributed by atoms with Crippen LogP contribution in [0.5, 0.6) is 0 Å². The lowest BCUT2D eigenvalue weighted by Gasteiger charge is -2.17. The van der Waals surface area contributed by atoms with Crippen molar-refractivity contribution in [2.24, 2.45) is 5.73 Å². The molecule has 0 spiro atoms.